The number of nitrogens with one attached hydrogen (secondary N) is 1. The first-order valence-electron chi connectivity index (χ1n) is 5.23. The summed E-state index contributed by atoms with van der Waals surface area (Å²) in [4.78, 5) is 19.1. The number of hydrazone groups is 1. The van der Waals surface area contributed by atoms with Crippen LogP contribution in [0.1, 0.15) is 11.4 Å². The number of carbonyl (C=O) groups is 1. The second kappa shape index (κ2) is 5.53. The fourth-order valence-corrected chi connectivity index (χ4v) is 1.36. The lowest BCUT2D eigenvalue weighted by Crippen LogP contribution is -2.26. The molecule has 2 aromatic heterocycles. The van der Waals surface area contributed by atoms with Crippen molar-refractivity contribution in [1.29, 1.82) is 0 Å². The van der Waals surface area contributed by atoms with Gasteiger partial charge in [-0.25, -0.2) is 10.2 Å². The molecule has 2 heterocycles. The minimum absolute atomic E-state index is 0.454. The molecule has 0 aliphatic heterocycles. The van der Waals surface area contributed by atoms with E-state index in [0.717, 1.165) is 0 Å². The number of primary amides is 1. The van der Waals surface area contributed by atoms with Gasteiger partial charge in [0.05, 0.1) is 11.4 Å². The van der Waals surface area contributed by atoms with Crippen molar-refractivity contribution in [1.82, 2.24) is 15.4 Å². The fraction of sp³-hybridized carbons (Fsp3) is 0. The van der Waals surface area contributed by atoms with Gasteiger partial charge in [0.25, 0.3) is 0 Å². The molecule has 0 spiro atoms. The standard InChI is InChI=1S/C12H11N5O/c13-12(18)17-16-11(9-5-1-3-7-14-9)10-6-2-4-8-15-10/h1-8H,(H3,13,17,18). The number of aromatic nitrogens is 2. The first kappa shape index (κ1) is 11.7. The van der Waals surface area contributed by atoms with E-state index >= 15 is 0 Å². The Kier molecular flexibility index (Phi) is 3.60. The van der Waals surface area contributed by atoms with Crippen molar-refractivity contribution >= 4 is 11.7 Å². The van der Waals surface area contributed by atoms with Crippen LogP contribution in [-0.4, -0.2) is 21.7 Å². The SMILES string of the molecule is NC(=O)NN=C(c1ccccn1)c1ccccn1. The van der Waals surface area contributed by atoms with E-state index in [1.165, 1.54) is 0 Å². The zero-order valence-electron chi connectivity index (χ0n) is 9.45. The average molecular weight is 241 g/mol. The first-order chi connectivity index (χ1) is 8.77. The molecule has 90 valence electrons. The Morgan fingerprint density at radius 2 is 1.61 bits per heavy atom. The van der Waals surface area contributed by atoms with Gasteiger partial charge in [-0.1, -0.05) is 12.1 Å². The molecule has 2 rings (SSSR count). The molecule has 0 bridgehead atoms. The number of nitrogens with two attached hydrogens (primary N) is 1. The lowest BCUT2D eigenvalue weighted by Gasteiger charge is -2.04. The molecule has 0 aromatic carbocycles. The zero-order chi connectivity index (χ0) is 12.8. The Morgan fingerprint density at radius 1 is 1.06 bits per heavy atom. The molecule has 0 unspecified atom stereocenters. The summed E-state index contributed by atoms with van der Waals surface area (Å²) in [5.41, 5.74) is 8.85. The molecule has 0 aliphatic rings. The van der Waals surface area contributed by atoms with E-state index < -0.39 is 6.03 Å². The summed E-state index contributed by atoms with van der Waals surface area (Å²) in [5, 5.41) is 3.93. The van der Waals surface area contributed by atoms with Gasteiger partial charge in [-0.3, -0.25) is 9.97 Å². The van der Waals surface area contributed by atoms with Gasteiger partial charge < -0.3 is 5.73 Å². The minimum Gasteiger partial charge on any atom is -0.350 e. The molecule has 2 amide bonds. The van der Waals surface area contributed by atoms with E-state index in [-0.39, 0.29) is 0 Å². The highest BCUT2D eigenvalue weighted by molar-refractivity contribution is 6.10. The van der Waals surface area contributed by atoms with Crippen LogP contribution in [0.15, 0.2) is 53.9 Å². The number of hydrogen-bond donors (Lipinski definition) is 2. The molecule has 6 nitrogen and oxygen atoms in total. The first-order valence-corrected chi connectivity index (χ1v) is 5.23. The van der Waals surface area contributed by atoms with Crippen LogP contribution in [0, 0.1) is 0 Å². The van der Waals surface area contributed by atoms with Gasteiger partial charge in [-0.05, 0) is 24.3 Å². The Hall–Kier alpha value is -2.76. The molecule has 2 aromatic rings. The maximum atomic E-state index is 10.7. The van der Waals surface area contributed by atoms with Crippen molar-refractivity contribution in [3.63, 3.8) is 0 Å². The van der Waals surface area contributed by atoms with Gasteiger partial charge in [-0.2, -0.15) is 5.10 Å². The number of hydrogen-bond acceptors (Lipinski definition) is 4. The van der Waals surface area contributed by atoms with Crippen molar-refractivity contribution in [2.75, 3.05) is 0 Å². The maximum absolute atomic E-state index is 10.7. The van der Waals surface area contributed by atoms with Crippen LogP contribution in [0.3, 0.4) is 0 Å². The fourth-order valence-electron chi connectivity index (χ4n) is 1.36. The molecule has 0 fully saturated rings. The van der Waals surface area contributed by atoms with Crippen LogP contribution in [-0.2, 0) is 0 Å². The number of nitrogens with zero attached hydrogens (tertiary/aromatic N) is 3. The molecule has 18 heavy (non-hydrogen) atoms. The Labute approximate surface area is 104 Å². The lowest BCUT2D eigenvalue weighted by atomic mass is 10.1. The van der Waals surface area contributed by atoms with E-state index in [0.29, 0.717) is 17.1 Å². The van der Waals surface area contributed by atoms with Crippen LogP contribution in [0.2, 0.25) is 0 Å². The smallest absolute Gasteiger partial charge is 0.332 e. The second-order valence-electron chi connectivity index (χ2n) is 3.37. The highest BCUT2D eigenvalue weighted by atomic mass is 16.2. The van der Waals surface area contributed by atoms with E-state index in [9.17, 15) is 4.79 Å². The normalized spacial score (nSPS) is 9.56. The van der Waals surface area contributed by atoms with Crippen LogP contribution < -0.4 is 11.2 Å². The predicted molar refractivity (Wildman–Crippen MR) is 66.8 cm³/mol. The third kappa shape index (κ3) is 2.88. The van der Waals surface area contributed by atoms with Crippen LogP contribution >= 0.6 is 0 Å². The van der Waals surface area contributed by atoms with E-state index in [1.807, 2.05) is 12.1 Å². The molecular formula is C12H11N5O. The topological polar surface area (TPSA) is 93.3 Å². The maximum Gasteiger partial charge on any atom is 0.332 e. The summed E-state index contributed by atoms with van der Waals surface area (Å²) in [6, 6.07) is 10.0. The van der Waals surface area contributed by atoms with E-state index in [1.54, 1.807) is 36.7 Å². The average Bonchev–Trinajstić information content (AvgIpc) is 2.41. The van der Waals surface area contributed by atoms with Crippen LogP contribution in [0.25, 0.3) is 0 Å². The largest absolute Gasteiger partial charge is 0.350 e. The van der Waals surface area contributed by atoms with E-state index in [4.69, 9.17) is 5.73 Å². The summed E-state index contributed by atoms with van der Waals surface area (Å²) in [6.07, 6.45) is 3.27. The summed E-state index contributed by atoms with van der Waals surface area (Å²) < 4.78 is 0. The number of amides is 2. The van der Waals surface area contributed by atoms with Gasteiger partial charge in [-0.15, -0.1) is 0 Å². The molecule has 0 saturated heterocycles. The van der Waals surface area contributed by atoms with Gasteiger partial charge in [0.2, 0.25) is 0 Å². The Morgan fingerprint density at radius 3 is 2.00 bits per heavy atom. The van der Waals surface area contributed by atoms with Gasteiger partial charge in [0.1, 0.15) is 5.71 Å². The van der Waals surface area contributed by atoms with Crippen molar-refractivity contribution in [2.24, 2.45) is 10.8 Å². The number of rotatable bonds is 3. The predicted octanol–water partition coefficient (Wildman–Crippen LogP) is 0.897. The molecule has 0 saturated carbocycles. The molecule has 0 aliphatic carbocycles. The number of urea groups is 1. The molecule has 0 atom stereocenters. The lowest BCUT2D eigenvalue weighted by molar-refractivity contribution is 0.249. The third-order valence-corrected chi connectivity index (χ3v) is 2.09. The summed E-state index contributed by atoms with van der Waals surface area (Å²) in [6.45, 7) is 0. The van der Waals surface area contributed by atoms with Crippen molar-refractivity contribution in [3.05, 3.63) is 60.2 Å². The highest BCUT2D eigenvalue weighted by Gasteiger charge is 2.09. The molecule has 0 radical (unpaired) electrons. The van der Waals surface area contributed by atoms with Gasteiger partial charge in [0, 0.05) is 12.4 Å². The monoisotopic (exact) mass is 241 g/mol. The molecular weight excluding hydrogens is 230 g/mol. The summed E-state index contributed by atoms with van der Waals surface area (Å²) >= 11 is 0. The molecule has 6 heteroatoms. The van der Waals surface area contributed by atoms with Crippen molar-refractivity contribution in [2.45, 2.75) is 0 Å². The van der Waals surface area contributed by atoms with E-state index in [2.05, 4.69) is 20.5 Å². The van der Waals surface area contributed by atoms with Crippen molar-refractivity contribution in [3.8, 4) is 0 Å². The van der Waals surface area contributed by atoms with Gasteiger partial charge >= 0.3 is 6.03 Å². The summed E-state index contributed by atoms with van der Waals surface area (Å²) in [5.74, 6) is 0. The van der Waals surface area contributed by atoms with Crippen LogP contribution in [0.5, 0.6) is 0 Å². The number of carbonyl (C=O) groups excluding carboxylic acids is 1. The third-order valence-electron chi connectivity index (χ3n) is 2.09. The molecule has 3 N–H and O–H groups in total. The van der Waals surface area contributed by atoms with Crippen LogP contribution in [0.4, 0.5) is 4.79 Å². The Bertz CT molecular complexity index is 512. The highest BCUT2D eigenvalue weighted by Crippen LogP contribution is 2.05. The Balaban J connectivity index is 2.42. The number of pyridine rings is 2. The van der Waals surface area contributed by atoms with Gasteiger partial charge in [0.15, 0.2) is 0 Å². The summed E-state index contributed by atoms with van der Waals surface area (Å²) in [7, 11) is 0. The van der Waals surface area contributed by atoms with Crippen molar-refractivity contribution < 1.29 is 4.79 Å². The minimum atomic E-state index is -0.737. The second-order valence-corrected chi connectivity index (χ2v) is 3.37. The zero-order valence-corrected chi connectivity index (χ0v) is 9.45. The quantitative estimate of drug-likeness (QED) is 0.617.